The Labute approximate surface area is 95.3 Å². The van der Waals surface area contributed by atoms with E-state index in [1.54, 1.807) is 0 Å². The number of rotatable bonds is 5. The van der Waals surface area contributed by atoms with E-state index >= 15 is 0 Å². The van der Waals surface area contributed by atoms with E-state index in [1.807, 2.05) is 4.90 Å². The van der Waals surface area contributed by atoms with Crippen molar-refractivity contribution in [3.05, 3.63) is 0 Å². The van der Waals surface area contributed by atoms with Gasteiger partial charge < -0.3 is 16.8 Å². The number of carbonyl (C=O) groups excluding carboxylic acids is 2. The van der Waals surface area contributed by atoms with Crippen molar-refractivity contribution in [1.82, 2.24) is 10.2 Å². The molecule has 0 saturated carbocycles. The minimum Gasteiger partial charge on any atom is -0.369 e. The third kappa shape index (κ3) is 4.16. The number of amides is 2. The summed E-state index contributed by atoms with van der Waals surface area (Å²) in [5.74, 6) is -0.432. The fourth-order valence-corrected chi connectivity index (χ4v) is 1.90. The average molecular weight is 228 g/mol. The third-order valence-electron chi connectivity index (χ3n) is 2.74. The van der Waals surface area contributed by atoms with Crippen molar-refractivity contribution in [2.75, 3.05) is 32.7 Å². The van der Waals surface area contributed by atoms with Gasteiger partial charge in [-0.15, -0.1) is 0 Å². The molecule has 1 unspecified atom stereocenters. The lowest BCUT2D eigenvalue weighted by Gasteiger charge is -2.30. The van der Waals surface area contributed by atoms with Crippen LogP contribution < -0.4 is 16.8 Å². The van der Waals surface area contributed by atoms with Gasteiger partial charge in [0.2, 0.25) is 11.8 Å². The molecule has 5 N–H and O–H groups in total. The van der Waals surface area contributed by atoms with Gasteiger partial charge in [-0.05, 0) is 19.4 Å². The predicted molar refractivity (Wildman–Crippen MR) is 60.4 cm³/mol. The average Bonchev–Trinajstić information content (AvgIpc) is 2.26. The van der Waals surface area contributed by atoms with Crippen LogP contribution in [0.1, 0.15) is 12.8 Å². The summed E-state index contributed by atoms with van der Waals surface area (Å²) in [6, 6.07) is 0. The number of primary amides is 1. The van der Waals surface area contributed by atoms with E-state index in [0.29, 0.717) is 26.2 Å². The molecule has 0 aliphatic carbocycles. The Hall–Kier alpha value is -1.14. The molecule has 1 atom stereocenters. The highest BCUT2D eigenvalue weighted by atomic mass is 16.2. The van der Waals surface area contributed by atoms with Crippen molar-refractivity contribution in [2.45, 2.75) is 12.8 Å². The van der Waals surface area contributed by atoms with E-state index in [4.69, 9.17) is 11.5 Å². The Morgan fingerprint density at radius 2 is 2.19 bits per heavy atom. The van der Waals surface area contributed by atoms with Gasteiger partial charge in [-0.1, -0.05) is 0 Å². The fourth-order valence-electron chi connectivity index (χ4n) is 1.90. The summed E-state index contributed by atoms with van der Waals surface area (Å²) >= 11 is 0. The summed E-state index contributed by atoms with van der Waals surface area (Å²) in [5.41, 5.74) is 10.5. The highest BCUT2D eigenvalue weighted by molar-refractivity contribution is 5.79. The SMILES string of the molecule is NCCNC(=O)CN1CCCC(C(N)=O)C1. The molecule has 0 radical (unpaired) electrons. The summed E-state index contributed by atoms with van der Waals surface area (Å²) in [7, 11) is 0. The van der Waals surface area contributed by atoms with Crippen LogP contribution in [-0.2, 0) is 9.59 Å². The molecule has 16 heavy (non-hydrogen) atoms. The van der Waals surface area contributed by atoms with Crippen LogP contribution in [0.4, 0.5) is 0 Å². The second kappa shape index (κ2) is 6.44. The molecule has 92 valence electrons. The van der Waals surface area contributed by atoms with E-state index < -0.39 is 0 Å². The maximum atomic E-state index is 11.4. The number of carbonyl (C=O) groups is 2. The Morgan fingerprint density at radius 1 is 1.44 bits per heavy atom. The van der Waals surface area contributed by atoms with E-state index in [1.165, 1.54) is 0 Å². The minimum atomic E-state index is -0.271. The zero-order valence-corrected chi connectivity index (χ0v) is 9.45. The van der Waals surface area contributed by atoms with Gasteiger partial charge in [0.25, 0.3) is 0 Å². The summed E-state index contributed by atoms with van der Waals surface area (Å²) in [5, 5.41) is 2.70. The summed E-state index contributed by atoms with van der Waals surface area (Å²) < 4.78 is 0. The summed E-state index contributed by atoms with van der Waals surface area (Å²) in [6.45, 7) is 2.69. The molecule has 6 heteroatoms. The van der Waals surface area contributed by atoms with Crippen LogP contribution in [0.5, 0.6) is 0 Å². The van der Waals surface area contributed by atoms with Crippen LogP contribution >= 0.6 is 0 Å². The maximum Gasteiger partial charge on any atom is 0.234 e. The first-order valence-corrected chi connectivity index (χ1v) is 5.62. The first-order valence-electron chi connectivity index (χ1n) is 5.62. The van der Waals surface area contributed by atoms with E-state index in [0.717, 1.165) is 19.4 Å². The molecule has 2 amide bonds. The lowest BCUT2D eigenvalue weighted by atomic mass is 9.97. The van der Waals surface area contributed by atoms with Gasteiger partial charge in [0, 0.05) is 19.6 Å². The third-order valence-corrected chi connectivity index (χ3v) is 2.74. The van der Waals surface area contributed by atoms with Crippen molar-refractivity contribution in [2.24, 2.45) is 17.4 Å². The van der Waals surface area contributed by atoms with Crippen LogP contribution in [0, 0.1) is 5.92 Å². The molecule has 1 saturated heterocycles. The number of nitrogens with zero attached hydrogens (tertiary/aromatic N) is 1. The molecular formula is C10H20N4O2. The van der Waals surface area contributed by atoms with Gasteiger partial charge in [0.15, 0.2) is 0 Å². The molecule has 1 rings (SSSR count). The van der Waals surface area contributed by atoms with Crippen LogP contribution in [0.3, 0.4) is 0 Å². The standard InChI is InChI=1S/C10H20N4O2/c11-3-4-13-9(15)7-14-5-1-2-8(6-14)10(12)16/h8H,1-7,11H2,(H2,12,16)(H,13,15). The van der Waals surface area contributed by atoms with Crippen LogP contribution in [-0.4, -0.2) is 49.4 Å². The molecular weight excluding hydrogens is 208 g/mol. The molecule has 0 aromatic heterocycles. The topological polar surface area (TPSA) is 101 Å². The van der Waals surface area contributed by atoms with E-state index in [9.17, 15) is 9.59 Å². The molecule has 1 fully saturated rings. The Kier molecular flexibility index (Phi) is 5.21. The van der Waals surface area contributed by atoms with Gasteiger partial charge in [-0.25, -0.2) is 0 Å². The van der Waals surface area contributed by atoms with Crippen molar-refractivity contribution >= 4 is 11.8 Å². The number of nitrogens with one attached hydrogen (secondary N) is 1. The van der Waals surface area contributed by atoms with Crippen LogP contribution in [0.15, 0.2) is 0 Å². The van der Waals surface area contributed by atoms with Crippen molar-refractivity contribution in [3.8, 4) is 0 Å². The molecule has 0 spiro atoms. The van der Waals surface area contributed by atoms with E-state index in [-0.39, 0.29) is 17.7 Å². The Morgan fingerprint density at radius 3 is 2.81 bits per heavy atom. The molecule has 1 aliphatic heterocycles. The quantitative estimate of drug-likeness (QED) is 0.520. The Balaban J connectivity index is 2.31. The highest BCUT2D eigenvalue weighted by Gasteiger charge is 2.24. The van der Waals surface area contributed by atoms with Crippen molar-refractivity contribution < 1.29 is 9.59 Å². The van der Waals surface area contributed by atoms with Gasteiger partial charge in [-0.3, -0.25) is 14.5 Å². The van der Waals surface area contributed by atoms with Crippen LogP contribution in [0.25, 0.3) is 0 Å². The zero-order valence-electron chi connectivity index (χ0n) is 9.45. The van der Waals surface area contributed by atoms with Gasteiger partial charge in [0.1, 0.15) is 0 Å². The lowest BCUT2D eigenvalue weighted by molar-refractivity contribution is -0.126. The van der Waals surface area contributed by atoms with Crippen LogP contribution in [0.2, 0.25) is 0 Å². The summed E-state index contributed by atoms with van der Waals surface area (Å²) in [4.78, 5) is 24.4. The predicted octanol–water partition coefficient (Wildman–Crippen LogP) is -1.74. The lowest BCUT2D eigenvalue weighted by Crippen LogP contribution is -2.46. The second-order valence-electron chi connectivity index (χ2n) is 4.12. The first-order chi connectivity index (χ1) is 7.63. The second-order valence-corrected chi connectivity index (χ2v) is 4.12. The minimum absolute atomic E-state index is 0.0458. The fraction of sp³-hybridized carbons (Fsp3) is 0.800. The number of hydrogen-bond acceptors (Lipinski definition) is 4. The number of piperidine rings is 1. The maximum absolute atomic E-state index is 11.4. The highest BCUT2D eigenvalue weighted by Crippen LogP contribution is 2.15. The number of hydrogen-bond donors (Lipinski definition) is 3. The normalized spacial score (nSPS) is 21.7. The smallest absolute Gasteiger partial charge is 0.234 e. The molecule has 1 heterocycles. The monoisotopic (exact) mass is 228 g/mol. The largest absolute Gasteiger partial charge is 0.369 e. The summed E-state index contributed by atoms with van der Waals surface area (Å²) in [6.07, 6.45) is 1.74. The Bertz CT molecular complexity index is 257. The van der Waals surface area contributed by atoms with Crippen molar-refractivity contribution in [3.63, 3.8) is 0 Å². The molecule has 6 nitrogen and oxygen atoms in total. The molecule has 0 aromatic rings. The molecule has 1 aliphatic rings. The van der Waals surface area contributed by atoms with E-state index in [2.05, 4.69) is 5.32 Å². The number of likely N-dealkylation sites (tertiary alicyclic amines) is 1. The number of nitrogens with two attached hydrogens (primary N) is 2. The zero-order chi connectivity index (χ0) is 12.0. The molecule has 0 aromatic carbocycles. The van der Waals surface area contributed by atoms with Gasteiger partial charge >= 0.3 is 0 Å². The van der Waals surface area contributed by atoms with Gasteiger partial charge in [-0.2, -0.15) is 0 Å². The van der Waals surface area contributed by atoms with Crippen molar-refractivity contribution in [1.29, 1.82) is 0 Å². The first kappa shape index (κ1) is 12.9. The molecule has 0 bridgehead atoms. The van der Waals surface area contributed by atoms with Gasteiger partial charge in [0.05, 0.1) is 12.5 Å².